The predicted octanol–water partition coefficient (Wildman–Crippen LogP) is 1.39. The number of anilines is 1. The summed E-state index contributed by atoms with van der Waals surface area (Å²) in [5.41, 5.74) is 0.631. The molecule has 0 aromatic carbocycles. The molecule has 0 spiro atoms. The Kier molecular flexibility index (Phi) is 4.01. The monoisotopic (exact) mass is 262 g/mol. The van der Waals surface area contributed by atoms with Crippen molar-refractivity contribution in [3.05, 3.63) is 40.3 Å². The first-order valence-electron chi connectivity index (χ1n) is 5.86. The summed E-state index contributed by atoms with van der Waals surface area (Å²) >= 11 is 0. The van der Waals surface area contributed by atoms with E-state index in [4.69, 9.17) is 0 Å². The van der Waals surface area contributed by atoms with Crippen molar-refractivity contribution in [2.45, 2.75) is 19.9 Å². The van der Waals surface area contributed by atoms with Gasteiger partial charge in [-0.15, -0.1) is 5.10 Å². The van der Waals surface area contributed by atoms with Crippen molar-refractivity contribution in [3.8, 4) is 0 Å². The molecule has 2 rings (SSSR count). The van der Waals surface area contributed by atoms with Crippen molar-refractivity contribution in [1.29, 1.82) is 0 Å². The average molecular weight is 262 g/mol. The van der Waals surface area contributed by atoms with E-state index < -0.39 is 4.92 Å². The summed E-state index contributed by atoms with van der Waals surface area (Å²) in [5, 5.41) is 21.4. The molecule has 0 aliphatic carbocycles. The zero-order valence-corrected chi connectivity index (χ0v) is 10.5. The van der Waals surface area contributed by atoms with Crippen molar-refractivity contribution in [1.82, 2.24) is 20.0 Å². The number of nitro groups is 1. The van der Waals surface area contributed by atoms with Crippen molar-refractivity contribution in [2.75, 3.05) is 11.9 Å². The zero-order chi connectivity index (χ0) is 13.7. The standard InChI is InChI=1S/C11H14N6O2/c1-9-8-13-11(7-10(9)17(18)19)12-3-2-5-16-6-4-14-15-16/h4,6-8H,2-3,5H2,1H3,(H,12,13). The van der Waals surface area contributed by atoms with E-state index in [-0.39, 0.29) is 5.69 Å². The Labute approximate surface area is 109 Å². The Bertz CT molecular complexity index is 554. The first kappa shape index (κ1) is 12.9. The Hall–Kier alpha value is -2.51. The molecular formula is C11H14N6O2. The lowest BCUT2D eigenvalue weighted by Crippen LogP contribution is -2.08. The van der Waals surface area contributed by atoms with Gasteiger partial charge in [0.1, 0.15) is 5.82 Å². The molecule has 8 nitrogen and oxygen atoms in total. The van der Waals surface area contributed by atoms with Gasteiger partial charge >= 0.3 is 0 Å². The van der Waals surface area contributed by atoms with Crippen LogP contribution in [0.3, 0.4) is 0 Å². The molecule has 8 heteroatoms. The SMILES string of the molecule is Cc1cnc(NCCCn2ccnn2)cc1[N+](=O)[O-]. The van der Waals surface area contributed by atoms with Crippen molar-refractivity contribution >= 4 is 11.5 Å². The Morgan fingerprint density at radius 3 is 3.05 bits per heavy atom. The molecule has 100 valence electrons. The molecule has 2 heterocycles. The number of nitrogens with one attached hydrogen (secondary N) is 1. The van der Waals surface area contributed by atoms with Gasteiger partial charge in [0.05, 0.1) is 17.2 Å². The fourth-order valence-electron chi connectivity index (χ4n) is 1.62. The maximum Gasteiger partial charge on any atom is 0.277 e. The van der Waals surface area contributed by atoms with Gasteiger partial charge in [-0.2, -0.15) is 0 Å². The summed E-state index contributed by atoms with van der Waals surface area (Å²) in [6.07, 6.45) is 5.73. The highest BCUT2D eigenvalue weighted by Crippen LogP contribution is 2.19. The van der Waals surface area contributed by atoms with Crippen LogP contribution in [0.1, 0.15) is 12.0 Å². The van der Waals surface area contributed by atoms with Crippen molar-refractivity contribution in [3.63, 3.8) is 0 Å². The molecule has 0 atom stereocenters. The van der Waals surface area contributed by atoms with Gasteiger partial charge in [0.25, 0.3) is 5.69 Å². The van der Waals surface area contributed by atoms with E-state index in [9.17, 15) is 10.1 Å². The van der Waals surface area contributed by atoms with E-state index in [0.29, 0.717) is 17.9 Å². The van der Waals surface area contributed by atoms with Gasteiger partial charge in [-0.3, -0.25) is 14.8 Å². The number of rotatable bonds is 6. The third kappa shape index (κ3) is 3.47. The van der Waals surface area contributed by atoms with Crippen LogP contribution >= 0.6 is 0 Å². The molecule has 0 bridgehead atoms. The second kappa shape index (κ2) is 5.89. The third-order valence-corrected chi connectivity index (χ3v) is 2.61. The van der Waals surface area contributed by atoms with Gasteiger partial charge in [-0.05, 0) is 13.3 Å². The second-order valence-corrected chi connectivity index (χ2v) is 4.06. The molecule has 0 fully saturated rings. The van der Waals surface area contributed by atoms with Crippen LogP contribution in [0.4, 0.5) is 11.5 Å². The minimum Gasteiger partial charge on any atom is -0.370 e. The quantitative estimate of drug-likeness (QED) is 0.480. The molecule has 0 radical (unpaired) electrons. The molecule has 0 aliphatic heterocycles. The summed E-state index contributed by atoms with van der Waals surface area (Å²) in [5.74, 6) is 0.510. The summed E-state index contributed by atoms with van der Waals surface area (Å²) in [7, 11) is 0. The highest BCUT2D eigenvalue weighted by Gasteiger charge is 2.11. The highest BCUT2D eigenvalue weighted by molar-refractivity contribution is 5.48. The number of hydrogen-bond acceptors (Lipinski definition) is 6. The number of nitrogens with zero attached hydrogens (tertiary/aromatic N) is 5. The normalized spacial score (nSPS) is 10.4. The molecule has 2 aromatic heterocycles. The topological polar surface area (TPSA) is 98.8 Å². The van der Waals surface area contributed by atoms with Gasteiger partial charge in [0, 0.05) is 31.0 Å². The van der Waals surface area contributed by atoms with Gasteiger partial charge in [-0.25, -0.2) is 4.98 Å². The summed E-state index contributed by atoms with van der Waals surface area (Å²) < 4.78 is 1.73. The van der Waals surface area contributed by atoms with E-state index >= 15 is 0 Å². The second-order valence-electron chi connectivity index (χ2n) is 4.06. The molecule has 0 saturated carbocycles. The first-order valence-corrected chi connectivity index (χ1v) is 5.86. The minimum atomic E-state index is -0.405. The first-order chi connectivity index (χ1) is 9.16. The van der Waals surface area contributed by atoms with Crippen LogP contribution in [-0.2, 0) is 6.54 Å². The molecule has 0 aliphatic rings. The Morgan fingerprint density at radius 1 is 1.53 bits per heavy atom. The average Bonchev–Trinajstić information content (AvgIpc) is 2.89. The van der Waals surface area contributed by atoms with E-state index in [1.165, 1.54) is 12.3 Å². The van der Waals surface area contributed by atoms with Gasteiger partial charge in [-0.1, -0.05) is 5.21 Å². The molecule has 1 N–H and O–H groups in total. The third-order valence-electron chi connectivity index (χ3n) is 2.61. The predicted molar refractivity (Wildman–Crippen MR) is 68.8 cm³/mol. The van der Waals surface area contributed by atoms with Crippen molar-refractivity contribution in [2.24, 2.45) is 0 Å². The number of aryl methyl sites for hydroxylation is 2. The molecule has 2 aromatic rings. The minimum absolute atomic E-state index is 0.0776. The van der Waals surface area contributed by atoms with Crippen LogP contribution in [0, 0.1) is 17.0 Å². The van der Waals surface area contributed by atoms with Gasteiger partial charge < -0.3 is 5.32 Å². The van der Waals surface area contributed by atoms with E-state index in [0.717, 1.165) is 13.0 Å². The number of aromatic nitrogens is 4. The Balaban J connectivity index is 1.86. The lowest BCUT2D eigenvalue weighted by atomic mass is 10.2. The van der Waals surface area contributed by atoms with Gasteiger partial charge in [0.2, 0.25) is 0 Å². The van der Waals surface area contributed by atoms with Crippen LogP contribution in [0.15, 0.2) is 24.7 Å². The highest BCUT2D eigenvalue weighted by atomic mass is 16.6. The van der Waals surface area contributed by atoms with E-state index in [2.05, 4.69) is 20.6 Å². The fourth-order valence-corrected chi connectivity index (χ4v) is 1.62. The van der Waals surface area contributed by atoms with Crippen LogP contribution in [-0.4, -0.2) is 31.4 Å². The summed E-state index contributed by atoms with van der Waals surface area (Å²) in [4.78, 5) is 14.5. The maximum atomic E-state index is 10.8. The Morgan fingerprint density at radius 2 is 2.37 bits per heavy atom. The molecule has 19 heavy (non-hydrogen) atoms. The summed E-state index contributed by atoms with van der Waals surface area (Å²) in [6.45, 7) is 3.06. The lowest BCUT2D eigenvalue weighted by molar-refractivity contribution is -0.385. The largest absolute Gasteiger partial charge is 0.370 e. The van der Waals surface area contributed by atoms with Crippen LogP contribution in [0.5, 0.6) is 0 Å². The fraction of sp³-hybridized carbons (Fsp3) is 0.364. The van der Waals surface area contributed by atoms with Crippen molar-refractivity contribution < 1.29 is 4.92 Å². The van der Waals surface area contributed by atoms with E-state index in [1.807, 2.05) is 0 Å². The van der Waals surface area contributed by atoms with Crippen LogP contribution in [0.25, 0.3) is 0 Å². The number of pyridine rings is 1. The maximum absolute atomic E-state index is 10.8. The van der Waals surface area contributed by atoms with E-state index in [1.54, 1.807) is 24.0 Å². The van der Waals surface area contributed by atoms with Gasteiger partial charge in [0.15, 0.2) is 0 Å². The number of hydrogen-bond donors (Lipinski definition) is 1. The molecule has 0 amide bonds. The molecule has 0 saturated heterocycles. The van der Waals surface area contributed by atoms with Crippen LogP contribution < -0.4 is 5.32 Å². The zero-order valence-electron chi connectivity index (χ0n) is 10.5. The summed E-state index contributed by atoms with van der Waals surface area (Å²) in [6, 6.07) is 1.45. The lowest BCUT2D eigenvalue weighted by Gasteiger charge is -2.06. The molecule has 0 unspecified atom stereocenters. The van der Waals surface area contributed by atoms with Crippen LogP contribution in [0.2, 0.25) is 0 Å². The smallest absolute Gasteiger partial charge is 0.277 e. The molecular weight excluding hydrogens is 248 g/mol.